The number of aryl methyl sites for hydroxylation is 1. The number of tetrazole rings is 1. The molecule has 10 nitrogen and oxygen atoms in total. The Bertz CT molecular complexity index is 1360. The number of non-ortho nitro benzene ring substituents is 1. The van der Waals surface area contributed by atoms with Gasteiger partial charge in [0.15, 0.2) is 12.4 Å². The number of nitro benzene ring substituents is 1. The predicted octanol–water partition coefficient (Wildman–Crippen LogP) is 3.98. The van der Waals surface area contributed by atoms with Gasteiger partial charge in [-0.1, -0.05) is 54.6 Å². The zero-order valence-corrected chi connectivity index (χ0v) is 18.6. The third-order valence-corrected chi connectivity index (χ3v) is 5.93. The van der Waals surface area contributed by atoms with Crippen molar-refractivity contribution in [3.63, 3.8) is 0 Å². The summed E-state index contributed by atoms with van der Waals surface area (Å²) in [6.45, 7) is -0.512. The minimum Gasteiger partial charge on any atom is -0.454 e. The SMILES string of the molecule is Cn1nnnc1Sc1ccc([N+](=O)[O-])cc1C(=O)OCC(=O)c1ccc(-c2ccccc2)cc1. The summed E-state index contributed by atoms with van der Waals surface area (Å²) < 4.78 is 6.59. The van der Waals surface area contributed by atoms with E-state index in [0.29, 0.717) is 15.6 Å². The summed E-state index contributed by atoms with van der Waals surface area (Å²) in [4.78, 5) is 36.3. The van der Waals surface area contributed by atoms with Gasteiger partial charge in [0.1, 0.15) is 0 Å². The summed E-state index contributed by atoms with van der Waals surface area (Å²) in [7, 11) is 1.62. The van der Waals surface area contributed by atoms with Gasteiger partial charge in [-0.15, -0.1) is 5.10 Å². The first-order chi connectivity index (χ1) is 16.4. The number of rotatable bonds is 8. The highest BCUT2D eigenvalue weighted by molar-refractivity contribution is 7.99. The number of aromatic nitrogens is 4. The topological polar surface area (TPSA) is 130 Å². The third kappa shape index (κ3) is 5.15. The number of nitrogens with zero attached hydrogens (tertiary/aromatic N) is 5. The van der Waals surface area contributed by atoms with Crippen LogP contribution in [0, 0.1) is 10.1 Å². The Hall–Kier alpha value is -4.38. The minimum absolute atomic E-state index is 0.0607. The lowest BCUT2D eigenvalue weighted by Gasteiger charge is -2.09. The van der Waals surface area contributed by atoms with Gasteiger partial charge in [0.2, 0.25) is 5.16 Å². The molecule has 1 aromatic heterocycles. The lowest BCUT2D eigenvalue weighted by molar-refractivity contribution is -0.384. The highest BCUT2D eigenvalue weighted by Gasteiger charge is 2.21. The fourth-order valence-corrected chi connectivity index (χ4v) is 3.89. The number of ketones is 1. The molecule has 34 heavy (non-hydrogen) atoms. The molecule has 4 aromatic rings. The molecule has 0 radical (unpaired) electrons. The van der Waals surface area contributed by atoms with Gasteiger partial charge in [0.05, 0.1) is 10.5 Å². The summed E-state index contributed by atoms with van der Waals surface area (Å²) in [5, 5.41) is 22.7. The molecule has 170 valence electrons. The number of hydrogen-bond acceptors (Lipinski definition) is 9. The lowest BCUT2D eigenvalue weighted by atomic mass is 10.0. The Morgan fingerprint density at radius 1 is 1.03 bits per heavy atom. The van der Waals surface area contributed by atoms with Crippen LogP contribution in [-0.4, -0.2) is 43.5 Å². The Balaban J connectivity index is 1.48. The van der Waals surface area contributed by atoms with E-state index in [9.17, 15) is 19.7 Å². The molecule has 0 aliphatic rings. The van der Waals surface area contributed by atoms with Crippen LogP contribution in [0.1, 0.15) is 20.7 Å². The number of benzene rings is 3. The van der Waals surface area contributed by atoms with E-state index in [1.54, 1.807) is 19.2 Å². The van der Waals surface area contributed by atoms with E-state index in [4.69, 9.17) is 4.74 Å². The molecular weight excluding hydrogens is 458 g/mol. The van der Waals surface area contributed by atoms with Crippen LogP contribution in [0.25, 0.3) is 11.1 Å². The molecule has 0 fully saturated rings. The van der Waals surface area contributed by atoms with E-state index in [1.807, 2.05) is 42.5 Å². The highest BCUT2D eigenvalue weighted by Crippen LogP contribution is 2.31. The van der Waals surface area contributed by atoms with E-state index < -0.39 is 23.3 Å². The van der Waals surface area contributed by atoms with Crippen LogP contribution < -0.4 is 0 Å². The maximum Gasteiger partial charge on any atom is 0.339 e. The van der Waals surface area contributed by atoms with Crippen molar-refractivity contribution in [3.8, 4) is 11.1 Å². The molecule has 0 aliphatic carbocycles. The van der Waals surface area contributed by atoms with E-state index in [-0.39, 0.29) is 11.3 Å². The Labute approximate surface area is 197 Å². The van der Waals surface area contributed by atoms with Gasteiger partial charge in [0, 0.05) is 29.6 Å². The molecular formula is C23H17N5O5S. The van der Waals surface area contributed by atoms with Crippen molar-refractivity contribution in [2.24, 2.45) is 7.05 Å². The molecule has 11 heteroatoms. The van der Waals surface area contributed by atoms with Crippen molar-refractivity contribution >= 4 is 29.2 Å². The number of Topliss-reactive ketones (excluding diaryl/α,β-unsaturated/α-hetero) is 1. The second-order valence-electron chi connectivity index (χ2n) is 7.07. The summed E-state index contributed by atoms with van der Waals surface area (Å²) in [5.74, 6) is -1.26. The summed E-state index contributed by atoms with van der Waals surface area (Å²) in [6.07, 6.45) is 0. The van der Waals surface area contributed by atoms with Gasteiger partial charge in [-0.3, -0.25) is 14.9 Å². The minimum atomic E-state index is -0.865. The number of hydrogen-bond donors (Lipinski definition) is 0. The zero-order chi connectivity index (χ0) is 24.1. The summed E-state index contributed by atoms with van der Waals surface area (Å²) in [5.41, 5.74) is 2.00. The number of ether oxygens (including phenoxy) is 1. The van der Waals surface area contributed by atoms with Crippen molar-refractivity contribution in [3.05, 3.63) is 94.0 Å². The first kappa shape index (κ1) is 22.8. The van der Waals surface area contributed by atoms with Gasteiger partial charge in [-0.2, -0.15) is 0 Å². The molecule has 3 aromatic carbocycles. The van der Waals surface area contributed by atoms with E-state index in [2.05, 4.69) is 15.5 Å². The molecule has 0 saturated carbocycles. The van der Waals surface area contributed by atoms with E-state index in [1.165, 1.54) is 16.8 Å². The number of carbonyl (C=O) groups is 2. The molecule has 0 spiro atoms. The van der Waals surface area contributed by atoms with Crippen LogP contribution in [0.2, 0.25) is 0 Å². The average Bonchev–Trinajstić information content (AvgIpc) is 3.27. The largest absolute Gasteiger partial charge is 0.454 e. The molecule has 0 N–H and O–H groups in total. The van der Waals surface area contributed by atoms with Gasteiger partial charge in [0.25, 0.3) is 5.69 Å². The fraction of sp³-hybridized carbons (Fsp3) is 0.0870. The Morgan fingerprint density at radius 2 is 1.74 bits per heavy atom. The third-order valence-electron chi connectivity index (χ3n) is 4.82. The summed E-state index contributed by atoms with van der Waals surface area (Å²) >= 11 is 1.04. The van der Waals surface area contributed by atoms with Crippen molar-refractivity contribution < 1.29 is 19.2 Å². The van der Waals surface area contributed by atoms with Crippen LogP contribution in [0.3, 0.4) is 0 Å². The maximum atomic E-state index is 12.8. The van der Waals surface area contributed by atoms with Crippen LogP contribution >= 0.6 is 11.8 Å². The standard InChI is InChI=1S/C23H17N5O5S/c1-27-23(24-25-26-27)34-21-12-11-18(28(31)32)13-19(21)22(30)33-14-20(29)17-9-7-16(8-10-17)15-5-3-2-4-6-15/h2-13H,14H2,1H3. The quantitative estimate of drug-likeness (QED) is 0.161. The average molecular weight is 475 g/mol. The zero-order valence-electron chi connectivity index (χ0n) is 17.8. The molecule has 4 rings (SSSR count). The Morgan fingerprint density at radius 3 is 2.38 bits per heavy atom. The second-order valence-corrected chi connectivity index (χ2v) is 8.08. The van der Waals surface area contributed by atoms with E-state index >= 15 is 0 Å². The smallest absolute Gasteiger partial charge is 0.339 e. The molecule has 0 atom stereocenters. The van der Waals surface area contributed by atoms with Crippen LogP contribution in [-0.2, 0) is 11.8 Å². The molecule has 1 heterocycles. The Kier molecular flexibility index (Phi) is 6.74. The first-order valence-electron chi connectivity index (χ1n) is 9.97. The highest BCUT2D eigenvalue weighted by atomic mass is 32.2. The summed E-state index contributed by atoms with van der Waals surface area (Å²) in [6, 6.07) is 20.4. The van der Waals surface area contributed by atoms with Crippen molar-refractivity contribution in [2.45, 2.75) is 10.1 Å². The van der Waals surface area contributed by atoms with Gasteiger partial charge < -0.3 is 4.74 Å². The van der Waals surface area contributed by atoms with Crippen molar-refractivity contribution in [2.75, 3.05) is 6.61 Å². The molecule has 0 bridgehead atoms. The lowest BCUT2D eigenvalue weighted by Crippen LogP contribution is -2.15. The molecule has 0 saturated heterocycles. The van der Waals surface area contributed by atoms with Crippen molar-refractivity contribution in [1.29, 1.82) is 0 Å². The predicted molar refractivity (Wildman–Crippen MR) is 123 cm³/mol. The number of nitro groups is 1. The number of carbonyl (C=O) groups excluding carboxylic acids is 2. The monoisotopic (exact) mass is 475 g/mol. The first-order valence-corrected chi connectivity index (χ1v) is 10.8. The van der Waals surface area contributed by atoms with Crippen LogP contribution in [0.4, 0.5) is 5.69 Å². The van der Waals surface area contributed by atoms with Gasteiger partial charge in [-0.25, -0.2) is 9.48 Å². The molecule has 0 amide bonds. The van der Waals surface area contributed by atoms with E-state index in [0.717, 1.165) is 29.0 Å². The van der Waals surface area contributed by atoms with Crippen molar-refractivity contribution in [1.82, 2.24) is 20.2 Å². The van der Waals surface area contributed by atoms with Crippen LogP contribution in [0.5, 0.6) is 0 Å². The molecule has 0 aliphatic heterocycles. The van der Waals surface area contributed by atoms with Crippen LogP contribution in [0.15, 0.2) is 82.8 Å². The second kappa shape index (κ2) is 10.0. The normalized spacial score (nSPS) is 10.6. The number of esters is 1. The maximum absolute atomic E-state index is 12.8. The molecule has 0 unspecified atom stereocenters. The van der Waals surface area contributed by atoms with Gasteiger partial charge in [-0.05, 0) is 39.4 Å². The fourth-order valence-electron chi connectivity index (χ4n) is 3.06. The van der Waals surface area contributed by atoms with Gasteiger partial charge >= 0.3 is 5.97 Å².